The highest BCUT2D eigenvalue weighted by Crippen LogP contribution is 2.44. The van der Waals surface area contributed by atoms with E-state index in [0.29, 0.717) is 11.6 Å². The molecule has 2 rings (SSSR count). The van der Waals surface area contributed by atoms with Gasteiger partial charge < -0.3 is 0 Å². The molecule has 0 aromatic heterocycles. The molecule has 0 aliphatic carbocycles. The summed E-state index contributed by atoms with van der Waals surface area (Å²) >= 11 is 0. The second-order valence-corrected chi connectivity index (χ2v) is 4.16. The maximum atomic E-state index is 13.2. The van der Waals surface area contributed by atoms with Crippen molar-refractivity contribution < 1.29 is 26.3 Å². The van der Waals surface area contributed by atoms with Crippen molar-refractivity contribution in [3.63, 3.8) is 0 Å². The van der Waals surface area contributed by atoms with Crippen molar-refractivity contribution in [1.29, 1.82) is 0 Å². The minimum absolute atomic E-state index is 0.159. The summed E-state index contributed by atoms with van der Waals surface area (Å²) < 4.78 is 76.2. The Kier molecular flexibility index (Phi) is 3.50. The van der Waals surface area contributed by atoms with Gasteiger partial charge >= 0.3 is 12.1 Å². The lowest BCUT2D eigenvalue weighted by atomic mass is 10.00. The average molecular weight is 290 g/mol. The van der Waals surface area contributed by atoms with Gasteiger partial charge in [0, 0.05) is 5.56 Å². The molecule has 0 saturated heterocycles. The van der Waals surface area contributed by atoms with Crippen molar-refractivity contribution >= 4 is 0 Å². The highest BCUT2D eigenvalue weighted by atomic mass is 19.4. The summed E-state index contributed by atoms with van der Waals surface area (Å²) in [6.45, 7) is 0. The predicted molar refractivity (Wildman–Crippen MR) is 61.8 cm³/mol. The van der Waals surface area contributed by atoms with Crippen LogP contribution in [0.4, 0.5) is 26.3 Å². The zero-order chi connectivity index (χ0) is 15.0. The van der Waals surface area contributed by atoms with Gasteiger partial charge in [-0.05, 0) is 29.3 Å². The van der Waals surface area contributed by atoms with Gasteiger partial charge in [0.25, 0.3) is 0 Å². The number of benzene rings is 2. The SMILES string of the molecule is Fc1ccc(-c2cccc(C(F)(F)C(F)(F)F)c2)cc1. The minimum atomic E-state index is -5.66. The lowest BCUT2D eigenvalue weighted by Crippen LogP contribution is -2.33. The standard InChI is InChI=1S/C14H8F6/c15-12-6-4-9(5-7-12)10-2-1-3-11(8-10)13(16,17)14(18,19)20/h1-8H. The quantitative estimate of drug-likeness (QED) is 0.671. The van der Waals surface area contributed by atoms with Gasteiger partial charge in [0.2, 0.25) is 0 Å². The van der Waals surface area contributed by atoms with Crippen LogP contribution in [0.25, 0.3) is 11.1 Å². The van der Waals surface area contributed by atoms with Crippen LogP contribution in [0.2, 0.25) is 0 Å². The molecule has 0 heterocycles. The first-order valence-corrected chi connectivity index (χ1v) is 5.53. The van der Waals surface area contributed by atoms with Gasteiger partial charge in [-0.1, -0.05) is 30.3 Å². The van der Waals surface area contributed by atoms with E-state index in [0.717, 1.165) is 24.3 Å². The number of hydrogen-bond acceptors (Lipinski definition) is 0. The van der Waals surface area contributed by atoms with Crippen LogP contribution in [0.5, 0.6) is 0 Å². The lowest BCUT2D eigenvalue weighted by Gasteiger charge is -2.20. The van der Waals surface area contributed by atoms with Crippen molar-refractivity contribution in [2.24, 2.45) is 0 Å². The Labute approximate surface area is 110 Å². The second kappa shape index (κ2) is 4.85. The van der Waals surface area contributed by atoms with E-state index in [-0.39, 0.29) is 5.56 Å². The van der Waals surface area contributed by atoms with Crippen LogP contribution in [0.15, 0.2) is 48.5 Å². The number of halogens is 6. The molecule has 0 aliphatic rings. The molecular weight excluding hydrogens is 282 g/mol. The fourth-order valence-corrected chi connectivity index (χ4v) is 1.70. The molecule has 0 bridgehead atoms. The van der Waals surface area contributed by atoms with Crippen molar-refractivity contribution in [2.75, 3.05) is 0 Å². The lowest BCUT2D eigenvalue weighted by molar-refractivity contribution is -0.289. The van der Waals surface area contributed by atoms with E-state index < -0.39 is 23.5 Å². The average Bonchev–Trinajstić information content (AvgIpc) is 2.38. The summed E-state index contributed by atoms with van der Waals surface area (Å²) in [4.78, 5) is 0. The van der Waals surface area contributed by atoms with E-state index in [1.165, 1.54) is 18.2 Å². The van der Waals surface area contributed by atoms with Crippen molar-refractivity contribution in [1.82, 2.24) is 0 Å². The molecule has 0 unspecified atom stereocenters. The molecule has 0 amide bonds. The Hall–Kier alpha value is -1.98. The summed E-state index contributed by atoms with van der Waals surface area (Å²) in [6.07, 6.45) is -5.66. The smallest absolute Gasteiger partial charge is 0.207 e. The Morgan fingerprint density at radius 2 is 1.30 bits per heavy atom. The highest BCUT2D eigenvalue weighted by Gasteiger charge is 2.58. The summed E-state index contributed by atoms with van der Waals surface area (Å²) in [5.74, 6) is -5.45. The van der Waals surface area contributed by atoms with Crippen LogP contribution in [0.3, 0.4) is 0 Å². The molecule has 0 atom stereocenters. The topological polar surface area (TPSA) is 0 Å². The van der Waals surface area contributed by atoms with E-state index in [1.54, 1.807) is 0 Å². The Morgan fingerprint density at radius 3 is 1.85 bits per heavy atom. The number of hydrogen-bond donors (Lipinski definition) is 0. The Bertz CT molecular complexity index is 598. The Balaban J connectivity index is 2.45. The molecule has 20 heavy (non-hydrogen) atoms. The molecule has 6 heteroatoms. The van der Waals surface area contributed by atoms with Gasteiger partial charge in [0.05, 0.1) is 0 Å². The molecule has 2 aromatic rings. The normalized spacial score (nSPS) is 12.5. The van der Waals surface area contributed by atoms with Crippen molar-refractivity contribution in [3.8, 4) is 11.1 Å². The van der Waals surface area contributed by atoms with E-state index in [2.05, 4.69) is 0 Å². The minimum Gasteiger partial charge on any atom is -0.207 e. The largest absolute Gasteiger partial charge is 0.458 e. The zero-order valence-electron chi connectivity index (χ0n) is 9.89. The summed E-state index contributed by atoms with van der Waals surface area (Å²) in [7, 11) is 0. The third kappa shape index (κ3) is 2.64. The van der Waals surface area contributed by atoms with E-state index >= 15 is 0 Å². The first-order valence-electron chi connectivity index (χ1n) is 5.53. The van der Waals surface area contributed by atoms with Crippen LogP contribution in [0.1, 0.15) is 5.56 Å². The molecule has 2 aromatic carbocycles. The van der Waals surface area contributed by atoms with Gasteiger partial charge in [0.15, 0.2) is 0 Å². The predicted octanol–water partition coefficient (Wildman–Crippen LogP) is 5.15. The van der Waals surface area contributed by atoms with Crippen molar-refractivity contribution in [3.05, 3.63) is 59.9 Å². The molecule has 0 spiro atoms. The van der Waals surface area contributed by atoms with E-state index in [4.69, 9.17) is 0 Å². The maximum Gasteiger partial charge on any atom is 0.458 e. The van der Waals surface area contributed by atoms with E-state index in [9.17, 15) is 26.3 Å². The van der Waals surface area contributed by atoms with Crippen LogP contribution in [0, 0.1) is 5.82 Å². The first kappa shape index (κ1) is 14.4. The zero-order valence-corrected chi connectivity index (χ0v) is 9.89. The number of alkyl halides is 5. The summed E-state index contributed by atoms with van der Waals surface area (Å²) in [5.41, 5.74) is -0.635. The van der Waals surface area contributed by atoms with Gasteiger partial charge in [0.1, 0.15) is 5.82 Å². The number of rotatable bonds is 2. The summed E-state index contributed by atoms with van der Waals surface area (Å²) in [6, 6.07) is 8.76. The fraction of sp³-hybridized carbons (Fsp3) is 0.143. The van der Waals surface area contributed by atoms with Gasteiger partial charge in [-0.3, -0.25) is 0 Å². The third-order valence-electron chi connectivity index (χ3n) is 2.76. The van der Waals surface area contributed by atoms with Crippen LogP contribution in [-0.2, 0) is 5.92 Å². The monoisotopic (exact) mass is 290 g/mol. The molecule has 0 saturated carbocycles. The van der Waals surface area contributed by atoms with Crippen LogP contribution in [-0.4, -0.2) is 6.18 Å². The van der Waals surface area contributed by atoms with Gasteiger partial charge in [-0.2, -0.15) is 22.0 Å². The van der Waals surface area contributed by atoms with Crippen LogP contribution >= 0.6 is 0 Å². The fourth-order valence-electron chi connectivity index (χ4n) is 1.70. The molecule has 106 valence electrons. The molecule has 0 nitrogen and oxygen atoms in total. The molecule has 0 radical (unpaired) electrons. The molecule has 0 N–H and O–H groups in total. The molecule has 0 fully saturated rings. The summed E-state index contributed by atoms with van der Waals surface area (Å²) in [5, 5.41) is 0. The van der Waals surface area contributed by atoms with Gasteiger partial charge in [-0.15, -0.1) is 0 Å². The van der Waals surface area contributed by atoms with Crippen LogP contribution < -0.4 is 0 Å². The molecule has 0 aliphatic heterocycles. The van der Waals surface area contributed by atoms with Gasteiger partial charge in [-0.25, -0.2) is 4.39 Å². The maximum absolute atomic E-state index is 13.2. The highest BCUT2D eigenvalue weighted by molar-refractivity contribution is 5.64. The first-order chi connectivity index (χ1) is 9.22. The van der Waals surface area contributed by atoms with E-state index in [1.807, 2.05) is 0 Å². The Morgan fingerprint density at radius 1 is 0.700 bits per heavy atom. The molecular formula is C14H8F6. The van der Waals surface area contributed by atoms with Crippen molar-refractivity contribution in [2.45, 2.75) is 12.1 Å². The third-order valence-corrected chi connectivity index (χ3v) is 2.76. The second-order valence-electron chi connectivity index (χ2n) is 4.16.